The zero-order valence-electron chi connectivity index (χ0n) is 14.8. The molecule has 0 heterocycles. The standard InChI is InChI=1S/C19H29N3O2/c1-3-22(4-2)17-13-11-16(12-14-17)21-19(24)18(23)20-15-9-7-5-6-8-10-15/h11-15H,3-10H2,1-2H3,(H,20,23)(H,21,24). The maximum atomic E-state index is 12.1. The van der Waals surface area contributed by atoms with E-state index in [0.29, 0.717) is 5.69 Å². The maximum Gasteiger partial charge on any atom is 0.313 e. The van der Waals surface area contributed by atoms with Crippen LogP contribution in [0.1, 0.15) is 52.4 Å². The van der Waals surface area contributed by atoms with E-state index in [9.17, 15) is 9.59 Å². The largest absolute Gasteiger partial charge is 0.372 e. The fraction of sp³-hybridized carbons (Fsp3) is 0.579. The minimum Gasteiger partial charge on any atom is -0.372 e. The van der Waals surface area contributed by atoms with Crippen LogP contribution in [0.3, 0.4) is 0 Å². The summed E-state index contributed by atoms with van der Waals surface area (Å²) in [6.07, 6.45) is 6.63. The molecule has 1 aromatic carbocycles. The predicted octanol–water partition coefficient (Wildman–Crippen LogP) is 3.31. The van der Waals surface area contributed by atoms with Gasteiger partial charge < -0.3 is 15.5 Å². The van der Waals surface area contributed by atoms with Crippen molar-refractivity contribution < 1.29 is 9.59 Å². The lowest BCUT2D eigenvalue weighted by molar-refractivity contribution is -0.136. The van der Waals surface area contributed by atoms with E-state index >= 15 is 0 Å². The molecule has 0 saturated heterocycles. The normalized spacial score (nSPS) is 15.4. The monoisotopic (exact) mass is 331 g/mol. The van der Waals surface area contributed by atoms with E-state index in [4.69, 9.17) is 0 Å². The third-order valence-corrected chi connectivity index (χ3v) is 4.65. The van der Waals surface area contributed by atoms with Gasteiger partial charge in [-0.3, -0.25) is 9.59 Å². The first-order chi connectivity index (χ1) is 11.6. The third-order valence-electron chi connectivity index (χ3n) is 4.65. The Labute approximate surface area is 144 Å². The second-order valence-electron chi connectivity index (χ2n) is 6.34. The Hall–Kier alpha value is -2.04. The van der Waals surface area contributed by atoms with Crippen LogP contribution in [0.15, 0.2) is 24.3 Å². The van der Waals surface area contributed by atoms with Crippen LogP contribution in [-0.4, -0.2) is 30.9 Å². The van der Waals surface area contributed by atoms with Crippen LogP contribution in [0, 0.1) is 0 Å². The quantitative estimate of drug-likeness (QED) is 0.643. The zero-order chi connectivity index (χ0) is 17.4. The van der Waals surface area contributed by atoms with Gasteiger partial charge in [-0.2, -0.15) is 0 Å². The summed E-state index contributed by atoms with van der Waals surface area (Å²) in [6.45, 7) is 6.09. The summed E-state index contributed by atoms with van der Waals surface area (Å²) >= 11 is 0. The summed E-state index contributed by atoms with van der Waals surface area (Å²) < 4.78 is 0. The van der Waals surface area contributed by atoms with Crippen LogP contribution < -0.4 is 15.5 Å². The zero-order valence-corrected chi connectivity index (χ0v) is 14.8. The van der Waals surface area contributed by atoms with Gasteiger partial charge in [0.15, 0.2) is 0 Å². The minimum atomic E-state index is -0.588. The number of hydrogen-bond donors (Lipinski definition) is 2. The number of anilines is 2. The molecule has 0 aromatic heterocycles. The van der Waals surface area contributed by atoms with Crippen molar-refractivity contribution in [1.29, 1.82) is 0 Å². The van der Waals surface area contributed by atoms with Gasteiger partial charge in [0.25, 0.3) is 0 Å². The molecule has 2 N–H and O–H groups in total. The highest BCUT2D eigenvalue weighted by Gasteiger charge is 2.19. The SMILES string of the molecule is CCN(CC)c1ccc(NC(=O)C(=O)NC2CCCCCC2)cc1. The summed E-state index contributed by atoms with van der Waals surface area (Å²) in [6, 6.07) is 7.74. The van der Waals surface area contributed by atoms with Gasteiger partial charge in [0.2, 0.25) is 0 Å². The molecule has 1 aliphatic rings. The van der Waals surface area contributed by atoms with Gasteiger partial charge in [-0.15, -0.1) is 0 Å². The fourth-order valence-electron chi connectivity index (χ4n) is 3.21. The van der Waals surface area contributed by atoms with E-state index in [1.54, 1.807) is 0 Å². The van der Waals surface area contributed by atoms with E-state index in [1.165, 1.54) is 12.8 Å². The molecule has 24 heavy (non-hydrogen) atoms. The molecule has 5 heteroatoms. The summed E-state index contributed by atoms with van der Waals surface area (Å²) in [5.74, 6) is -1.12. The van der Waals surface area contributed by atoms with Crippen molar-refractivity contribution in [2.75, 3.05) is 23.3 Å². The molecular formula is C19H29N3O2. The third kappa shape index (κ3) is 5.25. The van der Waals surface area contributed by atoms with Crippen LogP contribution >= 0.6 is 0 Å². The lowest BCUT2D eigenvalue weighted by Gasteiger charge is -2.21. The van der Waals surface area contributed by atoms with Crippen LogP contribution in [0.2, 0.25) is 0 Å². The molecule has 0 atom stereocenters. The second-order valence-corrected chi connectivity index (χ2v) is 6.34. The van der Waals surface area contributed by atoms with Gasteiger partial charge in [-0.05, 0) is 51.0 Å². The average Bonchev–Trinajstić information content (AvgIpc) is 2.86. The summed E-state index contributed by atoms with van der Waals surface area (Å²) in [5.41, 5.74) is 1.76. The molecule has 0 radical (unpaired) electrons. The molecular weight excluding hydrogens is 302 g/mol. The van der Waals surface area contributed by atoms with Crippen LogP contribution in [-0.2, 0) is 9.59 Å². The first-order valence-electron chi connectivity index (χ1n) is 9.11. The van der Waals surface area contributed by atoms with E-state index in [-0.39, 0.29) is 6.04 Å². The van der Waals surface area contributed by atoms with Gasteiger partial charge in [-0.1, -0.05) is 25.7 Å². The molecule has 1 aromatic rings. The van der Waals surface area contributed by atoms with Gasteiger partial charge >= 0.3 is 11.8 Å². The van der Waals surface area contributed by atoms with Crippen molar-refractivity contribution in [2.24, 2.45) is 0 Å². The van der Waals surface area contributed by atoms with Crippen LogP contribution in [0.5, 0.6) is 0 Å². The van der Waals surface area contributed by atoms with Crippen molar-refractivity contribution in [3.63, 3.8) is 0 Å². The number of nitrogens with one attached hydrogen (secondary N) is 2. The Bertz CT molecular complexity index is 530. The first-order valence-corrected chi connectivity index (χ1v) is 9.11. The van der Waals surface area contributed by atoms with Gasteiger partial charge in [-0.25, -0.2) is 0 Å². The molecule has 1 fully saturated rings. The van der Waals surface area contributed by atoms with Gasteiger partial charge in [0.05, 0.1) is 0 Å². The highest BCUT2D eigenvalue weighted by atomic mass is 16.2. The Kier molecular flexibility index (Phi) is 7.09. The molecule has 2 amide bonds. The van der Waals surface area contributed by atoms with Crippen molar-refractivity contribution in [1.82, 2.24) is 5.32 Å². The number of hydrogen-bond acceptors (Lipinski definition) is 3. The second kappa shape index (κ2) is 9.30. The van der Waals surface area contributed by atoms with Crippen LogP contribution in [0.4, 0.5) is 11.4 Å². The predicted molar refractivity (Wildman–Crippen MR) is 98.3 cm³/mol. The Morgan fingerprint density at radius 3 is 2.08 bits per heavy atom. The number of carbonyl (C=O) groups excluding carboxylic acids is 2. The number of benzene rings is 1. The molecule has 0 bridgehead atoms. The summed E-state index contributed by atoms with van der Waals surface area (Å²) in [7, 11) is 0. The van der Waals surface area contributed by atoms with Gasteiger partial charge in [0.1, 0.15) is 0 Å². The molecule has 0 unspecified atom stereocenters. The average molecular weight is 331 g/mol. The Morgan fingerprint density at radius 1 is 0.958 bits per heavy atom. The topological polar surface area (TPSA) is 61.4 Å². The minimum absolute atomic E-state index is 0.135. The van der Waals surface area contributed by atoms with Crippen molar-refractivity contribution in [2.45, 2.75) is 58.4 Å². The van der Waals surface area contributed by atoms with Crippen LogP contribution in [0.25, 0.3) is 0 Å². The molecule has 2 rings (SSSR count). The van der Waals surface area contributed by atoms with Gasteiger partial charge in [0, 0.05) is 30.5 Å². The van der Waals surface area contributed by atoms with Crippen molar-refractivity contribution in [3.05, 3.63) is 24.3 Å². The number of rotatable bonds is 5. The van der Waals surface area contributed by atoms with Crippen molar-refractivity contribution in [3.8, 4) is 0 Å². The summed E-state index contributed by atoms with van der Waals surface area (Å²) in [4.78, 5) is 26.4. The molecule has 0 aliphatic heterocycles. The van der Waals surface area contributed by atoms with Crippen molar-refractivity contribution >= 4 is 23.2 Å². The fourth-order valence-corrected chi connectivity index (χ4v) is 3.21. The molecule has 5 nitrogen and oxygen atoms in total. The Morgan fingerprint density at radius 2 is 1.54 bits per heavy atom. The number of nitrogens with zero attached hydrogens (tertiary/aromatic N) is 1. The highest BCUT2D eigenvalue weighted by molar-refractivity contribution is 6.39. The maximum absolute atomic E-state index is 12.1. The first kappa shape index (κ1) is 18.3. The smallest absolute Gasteiger partial charge is 0.313 e. The van der Waals surface area contributed by atoms with E-state index in [0.717, 1.165) is 44.5 Å². The molecule has 0 spiro atoms. The number of carbonyl (C=O) groups is 2. The lowest BCUT2D eigenvalue weighted by atomic mass is 10.1. The molecule has 1 aliphatic carbocycles. The highest BCUT2D eigenvalue weighted by Crippen LogP contribution is 2.18. The number of amides is 2. The molecule has 1 saturated carbocycles. The Balaban J connectivity index is 1.87. The van der Waals surface area contributed by atoms with E-state index in [2.05, 4.69) is 29.4 Å². The molecule has 132 valence electrons. The van der Waals surface area contributed by atoms with E-state index < -0.39 is 11.8 Å². The lowest BCUT2D eigenvalue weighted by Crippen LogP contribution is -2.41. The van der Waals surface area contributed by atoms with E-state index in [1.807, 2.05) is 24.3 Å². The summed E-state index contributed by atoms with van der Waals surface area (Å²) in [5, 5.41) is 5.55.